The van der Waals surface area contributed by atoms with E-state index in [1.54, 1.807) is 0 Å². The van der Waals surface area contributed by atoms with Crippen molar-refractivity contribution in [2.75, 3.05) is 47.6 Å². The maximum atomic E-state index is 2.40. The minimum atomic E-state index is 0. The second-order valence-corrected chi connectivity index (χ2v) is 5.01. The van der Waals surface area contributed by atoms with Crippen molar-refractivity contribution < 1.29 is 0 Å². The van der Waals surface area contributed by atoms with E-state index >= 15 is 0 Å². The summed E-state index contributed by atoms with van der Waals surface area (Å²) in [5.41, 5.74) is 0. The van der Waals surface area contributed by atoms with Crippen LogP contribution in [0.25, 0.3) is 0 Å². The van der Waals surface area contributed by atoms with Crippen molar-refractivity contribution in [3.8, 4) is 0 Å². The topological polar surface area (TPSA) is 9.72 Å². The predicted molar refractivity (Wildman–Crippen MR) is 99.5 cm³/mol. The van der Waals surface area contributed by atoms with Crippen LogP contribution in [0.1, 0.15) is 69.2 Å². The Kier molecular flexibility index (Phi) is 33.9. The molecule has 0 aromatic carbocycles. The number of hydrogen-bond acceptors (Lipinski definition) is 3. The molecule has 0 aliphatic carbocycles. The van der Waals surface area contributed by atoms with Crippen molar-refractivity contribution in [2.24, 2.45) is 0 Å². The summed E-state index contributed by atoms with van der Waals surface area (Å²) >= 11 is 0. The molecule has 0 aliphatic rings. The second kappa shape index (κ2) is 21.2. The molecule has 0 rings (SSSR count). The van der Waals surface area contributed by atoms with Crippen molar-refractivity contribution in [3.05, 3.63) is 0 Å². The fourth-order valence-corrected chi connectivity index (χ4v) is 1.87. The summed E-state index contributed by atoms with van der Waals surface area (Å²) < 4.78 is 0. The zero-order chi connectivity index (χ0) is 12.4. The van der Waals surface area contributed by atoms with E-state index in [4.69, 9.17) is 0 Å². The maximum absolute atomic E-state index is 2.40. The molecule has 3 heteroatoms. The Labute approximate surface area is 132 Å². The highest BCUT2D eigenvalue weighted by atomic mass is 15.4. The van der Waals surface area contributed by atoms with Gasteiger partial charge in [0.2, 0.25) is 0 Å². The van der Waals surface area contributed by atoms with Gasteiger partial charge in [-0.05, 0) is 47.1 Å². The largest absolute Gasteiger partial charge is 0.294 e. The van der Waals surface area contributed by atoms with Gasteiger partial charge >= 0.3 is 0 Å². The molecule has 0 bridgehead atoms. The number of rotatable bonds is 10. The highest BCUT2D eigenvalue weighted by Crippen LogP contribution is 1.96. The summed E-state index contributed by atoms with van der Waals surface area (Å²) in [7, 11) is 6.61. The van der Waals surface area contributed by atoms with Crippen LogP contribution in [0.2, 0.25) is 0 Å². The summed E-state index contributed by atoms with van der Waals surface area (Å²) in [6.45, 7) is 9.04. The third-order valence-electron chi connectivity index (χ3n) is 2.75. The van der Waals surface area contributed by atoms with Gasteiger partial charge in [-0.15, -0.1) is 0 Å². The maximum Gasteiger partial charge on any atom is 0.0512 e. The van der Waals surface area contributed by atoms with E-state index in [0.29, 0.717) is 0 Å². The highest BCUT2D eigenvalue weighted by Gasteiger charge is 2.05. The van der Waals surface area contributed by atoms with Crippen molar-refractivity contribution in [2.45, 2.75) is 69.2 Å². The molecule has 0 radical (unpaired) electrons. The van der Waals surface area contributed by atoms with Gasteiger partial charge in [-0.3, -0.25) is 14.7 Å². The van der Waals surface area contributed by atoms with E-state index in [2.05, 4.69) is 49.7 Å². The average Bonchev–Trinajstić information content (AvgIpc) is 2.23. The molecule has 0 N–H and O–H groups in total. The first-order valence-corrected chi connectivity index (χ1v) is 6.65. The monoisotopic (exact) mass is 293 g/mol. The fourth-order valence-electron chi connectivity index (χ4n) is 1.87. The van der Waals surface area contributed by atoms with Crippen LogP contribution >= 0.6 is 0 Å². The standard InChI is InChI=1S/C13H31N3.4CH4/c1-6-8-10-14(3)12-16(5)13-15(4)11-9-7-2;;;;/h6-13H2,1-5H3;4*1H4. The Morgan fingerprint density at radius 2 is 0.850 bits per heavy atom. The summed E-state index contributed by atoms with van der Waals surface area (Å²) in [5, 5.41) is 0. The molecule has 0 saturated heterocycles. The molecule has 0 unspecified atom stereocenters. The third-order valence-corrected chi connectivity index (χ3v) is 2.75. The fraction of sp³-hybridized carbons (Fsp3) is 1.00. The summed E-state index contributed by atoms with van der Waals surface area (Å²) in [5.74, 6) is 0. The van der Waals surface area contributed by atoms with Crippen LogP contribution < -0.4 is 0 Å². The molecule has 0 amide bonds. The quantitative estimate of drug-likeness (QED) is 0.534. The van der Waals surface area contributed by atoms with Crippen LogP contribution in [-0.2, 0) is 0 Å². The summed E-state index contributed by atoms with van der Waals surface area (Å²) in [6, 6.07) is 0. The molecule has 0 aliphatic heterocycles. The molecular formula is C17H47N3. The van der Waals surface area contributed by atoms with Gasteiger partial charge in [0.1, 0.15) is 0 Å². The zero-order valence-corrected chi connectivity index (χ0v) is 12.0. The zero-order valence-electron chi connectivity index (χ0n) is 12.0. The summed E-state index contributed by atoms with van der Waals surface area (Å²) in [6.07, 6.45) is 5.17. The Balaban J connectivity index is -0.000000187. The highest BCUT2D eigenvalue weighted by molar-refractivity contribution is 4.54. The van der Waals surface area contributed by atoms with E-state index in [0.717, 1.165) is 13.3 Å². The first kappa shape index (κ1) is 32.0. The third kappa shape index (κ3) is 20.2. The number of unbranched alkanes of at least 4 members (excludes halogenated alkanes) is 2. The van der Waals surface area contributed by atoms with Gasteiger partial charge < -0.3 is 0 Å². The van der Waals surface area contributed by atoms with Crippen LogP contribution in [0.15, 0.2) is 0 Å². The van der Waals surface area contributed by atoms with Gasteiger partial charge in [-0.2, -0.15) is 0 Å². The van der Waals surface area contributed by atoms with E-state index < -0.39 is 0 Å². The van der Waals surface area contributed by atoms with Crippen LogP contribution in [0.4, 0.5) is 0 Å². The Bertz CT molecular complexity index is 135. The smallest absolute Gasteiger partial charge is 0.0512 e. The van der Waals surface area contributed by atoms with Gasteiger partial charge in [0, 0.05) is 0 Å². The molecule has 0 aromatic heterocycles. The lowest BCUT2D eigenvalue weighted by molar-refractivity contribution is 0.117. The molecule has 0 saturated carbocycles. The molecule has 0 spiro atoms. The molecule has 0 heterocycles. The minimum absolute atomic E-state index is 0. The van der Waals surface area contributed by atoms with Gasteiger partial charge in [-0.25, -0.2) is 0 Å². The van der Waals surface area contributed by atoms with Crippen molar-refractivity contribution in [1.82, 2.24) is 14.7 Å². The van der Waals surface area contributed by atoms with Crippen LogP contribution in [0.3, 0.4) is 0 Å². The molecule has 0 fully saturated rings. The van der Waals surface area contributed by atoms with Gasteiger partial charge in [0.15, 0.2) is 0 Å². The van der Waals surface area contributed by atoms with E-state index in [9.17, 15) is 0 Å². The number of hydrogen-bond donors (Lipinski definition) is 0. The normalized spacial score (nSPS) is 9.60. The lowest BCUT2D eigenvalue weighted by atomic mass is 10.3. The van der Waals surface area contributed by atoms with E-state index in [1.807, 2.05) is 0 Å². The van der Waals surface area contributed by atoms with Crippen LogP contribution in [0, 0.1) is 0 Å². The average molecular weight is 294 g/mol. The molecule has 0 atom stereocenters. The van der Waals surface area contributed by atoms with Crippen molar-refractivity contribution >= 4 is 0 Å². The Morgan fingerprint density at radius 1 is 0.550 bits per heavy atom. The van der Waals surface area contributed by atoms with E-state index in [1.165, 1.54) is 38.8 Å². The molecule has 3 nitrogen and oxygen atoms in total. The molecule has 0 aromatic rings. The lowest BCUT2D eigenvalue weighted by Gasteiger charge is -2.28. The van der Waals surface area contributed by atoms with Gasteiger partial charge in [0.05, 0.1) is 13.3 Å². The van der Waals surface area contributed by atoms with Gasteiger partial charge in [0.25, 0.3) is 0 Å². The van der Waals surface area contributed by atoms with Crippen LogP contribution in [-0.4, -0.2) is 62.3 Å². The lowest BCUT2D eigenvalue weighted by Crippen LogP contribution is -2.40. The molecule has 130 valence electrons. The van der Waals surface area contributed by atoms with E-state index in [-0.39, 0.29) is 29.7 Å². The SMILES string of the molecule is C.C.C.C.CCCCN(C)CN(C)CN(C)CCCC. The minimum Gasteiger partial charge on any atom is -0.294 e. The Morgan fingerprint density at radius 3 is 1.10 bits per heavy atom. The molecular weight excluding hydrogens is 246 g/mol. The van der Waals surface area contributed by atoms with Crippen molar-refractivity contribution in [1.29, 1.82) is 0 Å². The van der Waals surface area contributed by atoms with Crippen molar-refractivity contribution in [3.63, 3.8) is 0 Å². The number of nitrogens with zero attached hydrogens (tertiary/aromatic N) is 3. The van der Waals surface area contributed by atoms with Gasteiger partial charge in [-0.1, -0.05) is 56.4 Å². The predicted octanol–water partition coefficient (Wildman–Crippen LogP) is 4.84. The van der Waals surface area contributed by atoms with Crippen LogP contribution in [0.5, 0.6) is 0 Å². The first-order valence-electron chi connectivity index (χ1n) is 6.65. The first-order chi connectivity index (χ1) is 7.60. The Hall–Kier alpha value is -0.120. The second-order valence-electron chi connectivity index (χ2n) is 5.01. The summed E-state index contributed by atoms with van der Waals surface area (Å²) in [4.78, 5) is 7.18. The molecule has 20 heavy (non-hydrogen) atoms.